The largest absolute Gasteiger partial charge is 0.480 e. The molecule has 6 nitrogen and oxygen atoms in total. The maximum atomic E-state index is 11.9. The summed E-state index contributed by atoms with van der Waals surface area (Å²) in [6.07, 6.45) is 0. The van der Waals surface area contributed by atoms with Crippen molar-refractivity contribution in [2.75, 3.05) is 6.61 Å². The summed E-state index contributed by atoms with van der Waals surface area (Å²) in [6, 6.07) is 2.53. The molecule has 0 spiro atoms. The first-order valence-corrected chi connectivity index (χ1v) is 6.76. The Bertz CT molecular complexity index is 557. The number of carboxylic acid groups (broad SMARTS) is 1. The average Bonchev–Trinajstić information content (AvgIpc) is 2.24. The topological polar surface area (TPSA) is 104 Å². The maximum Gasteiger partial charge on any atom is 0.324 e. The van der Waals surface area contributed by atoms with Crippen molar-refractivity contribution in [1.29, 1.82) is 0 Å². The van der Waals surface area contributed by atoms with E-state index in [1.54, 1.807) is 0 Å². The lowest BCUT2D eigenvalue weighted by molar-refractivity contribution is -0.139. The smallest absolute Gasteiger partial charge is 0.324 e. The number of benzene rings is 1. The van der Waals surface area contributed by atoms with E-state index in [0.717, 1.165) is 0 Å². The average molecular weight is 294 g/mol. The standard InChI is InChI=1S/C10H12ClNO5S/c1-6-4-7(11)2-3-9(6)18(16,17)12-8(5-13)10(14)15/h2-4,8,12-13H,5H2,1H3,(H,14,15). The van der Waals surface area contributed by atoms with Crippen molar-refractivity contribution in [2.45, 2.75) is 17.9 Å². The van der Waals surface area contributed by atoms with Gasteiger partial charge in [-0.15, -0.1) is 0 Å². The summed E-state index contributed by atoms with van der Waals surface area (Å²) in [6.45, 7) is 0.705. The second-order valence-electron chi connectivity index (χ2n) is 3.60. The van der Waals surface area contributed by atoms with E-state index in [1.165, 1.54) is 25.1 Å². The SMILES string of the molecule is Cc1cc(Cl)ccc1S(=O)(=O)NC(CO)C(=O)O. The van der Waals surface area contributed by atoms with E-state index in [1.807, 2.05) is 4.72 Å². The van der Waals surface area contributed by atoms with E-state index in [0.29, 0.717) is 10.6 Å². The van der Waals surface area contributed by atoms with E-state index >= 15 is 0 Å². The van der Waals surface area contributed by atoms with Crippen LogP contribution in [0.1, 0.15) is 5.56 Å². The number of aryl methyl sites for hydroxylation is 1. The minimum absolute atomic E-state index is 0.0772. The predicted molar refractivity (Wildman–Crippen MR) is 65.0 cm³/mol. The number of aliphatic carboxylic acids is 1. The molecule has 18 heavy (non-hydrogen) atoms. The van der Waals surface area contributed by atoms with Crippen LogP contribution in [0.15, 0.2) is 23.1 Å². The fourth-order valence-electron chi connectivity index (χ4n) is 1.33. The van der Waals surface area contributed by atoms with Crippen LogP contribution in [0, 0.1) is 6.92 Å². The van der Waals surface area contributed by atoms with Crippen LogP contribution >= 0.6 is 11.6 Å². The molecule has 3 N–H and O–H groups in total. The second-order valence-corrected chi connectivity index (χ2v) is 5.72. The molecule has 1 rings (SSSR count). The highest BCUT2D eigenvalue weighted by atomic mass is 35.5. The van der Waals surface area contributed by atoms with E-state index in [9.17, 15) is 13.2 Å². The van der Waals surface area contributed by atoms with Crippen LogP contribution in [-0.4, -0.2) is 37.2 Å². The van der Waals surface area contributed by atoms with Crippen LogP contribution in [0.5, 0.6) is 0 Å². The van der Waals surface area contributed by atoms with Crippen LogP contribution in [0.2, 0.25) is 5.02 Å². The number of carboxylic acids is 1. The molecule has 0 bridgehead atoms. The molecule has 8 heteroatoms. The molecule has 0 amide bonds. The van der Waals surface area contributed by atoms with Crippen molar-refractivity contribution in [3.8, 4) is 0 Å². The van der Waals surface area contributed by atoms with Gasteiger partial charge in [0.2, 0.25) is 10.0 Å². The first-order valence-electron chi connectivity index (χ1n) is 4.90. The lowest BCUT2D eigenvalue weighted by Gasteiger charge is -2.13. The van der Waals surface area contributed by atoms with Gasteiger partial charge in [-0.05, 0) is 30.7 Å². The number of hydrogen-bond acceptors (Lipinski definition) is 4. The molecule has 0 fully saturated rings. The molecule has 0 saturated carbocycles. The van der Waals surface area contributed by atoms with Gasteiger partial charge in [-0.2, -0.15) is 4.72 Å². The molecule has 100 valence electrons. The lowest BCUT2D eigenvalue weighted by atomic mass is 10.2. The number of halogens is 1. The maximum absolute atomic E-state index is 11.9. The molecule has 0 aromatic heterocycles. The van der Waals surface area contributed by atoms with Crippen LogP contribution in [0.3, 0.4) is 0 Å². The Hall–Kier alpha value is -1.15. The summed E-state index contributed by atoms with van der Waals surface area (Å²) in [5, 5.41) is 17.9. The van der Waals surface area contributed by atoms with E-state index in [2.05, 4.69) is 0 Å². The van der Waals surface area contributed by atoms with Crippen molar-refractivity contribution in [3.05, 3.63) is 28.8 Å². The molecule has 0 heterocycles. The third kappa shape index (κ3) is 3.42. The quantitative estimate of drug-likeness (QED) is 0.728. The van der Waals surface area contributed by atoms with Crippen molar-refractivity contribution in [2.24, 2.45) is 0 Å². The molecule has 0 aliphatic carbocycles. The number of aliphatic hydroxyl groups is 1. The van der Waals surface area contributed by atoms with Crippen molar-refractivity contribution >= 4 is 27.6 Å². The molecule has 1 unspecified atom stereocenters. The molecule has 0 aliphatic rings. The minimum Gasteiger partial charge on any atom is -0.480 e. The minimum atomic E-state index is -4.01. The fourth-order valence-corrected chi connectivity index (χ4v) is 2.96. The zero-order chi connectivity index (χ0) is 13.9. The zero-order valence-electron chi connectivity index (χ0n) is 9.42. The van der Waals surface area contributed by atoms with Gasteiger partial charge >= 0.3 is 5.97 Å². The van der Waals surface area contributed by atoms with Crippen LogP contribution in [0.25, 0.3) is 0 Å². The third-order valence-corrected chi connectivity index (χ3v) is 4.07. The highest BCUT2D eigenvalue weighted by molar-refractivity contribution is 7.89. The van der Waals surface area contributed by atoms with Gasteiger partial charge < -0.3 is 10.2 Å². The van der Waals surface area contributed by atoms with E-state index in [4.69, 9.17) is 21.8 Å². The molecule has 0 saturated heterocycles. The molecular formula is C10H12ClNO5S. The second kappa shape index (κ2) is 5.66. The Morgan fingerprint density at radius 3 is 2.56 bits per heavy atom. The normalized spacial score (nSPS) is 13.3. The number of aliphatic hydroxyl groups excluding tert-OH is 1. The summed E-state index contributed by atoms with van der Waals surface area (Å²) in [5.74, 6) is -1.45. The number of rotatable bonds is 5. The summed E-state index contributed by atoms with van der Waals surface area (Å²) >= 11 is 5.70. The summed E-state index contributed by atoms with van der Waals surface area (Å²) in [7, 11) is -4.01. The van der Waals surface area contributed by atoms with Gasteiger partial charge in [0.1, 0.15) is 6.04 Å². The summed E-state index contributed by atoms with van der Waals surface area (Å²) in [4.78, 5) is 10.6. The van der Waals surface area contributed by atoms with Gasteiger partial charge in [-0.1, -0.05) is 11.6 Å². The van der Waals surface area contributed by atoms with Gasteiger partial charge in [-0.25, -0.2) is 8.42 Å². The molecule has 0 aliphatic heterocycles. The van der Waals surface area contributed by atoms with Gasteiger partial charge in [0.15, 0.2) is 0 Å². The fraction of sp³-hybridized carbons (Fsp3) is 0.300. The molecule has 1 aromatic rings. The van der Waals surface area contributed by atoms with Crippen molar-refractivity contribution < 1.29 is 23.4 Å². The van der Waals surface area contributed by atoms with Crippen LogP contribution in [-0.2, 0) is 14.8 Å². The summed E-state index contributed by atoms with van der Waals surface area (Å²) in [5.41, 5.74) is 0.386. The third-order valence-electron chi connectivity index (χ3n) is 2.20. The van der Waals surface area contributed by atoms with Gasteiger partial charge in [0.25, 0.3) is 0 Å². The van der Waals surface area contributed by atoms with Crippen molar-refractivity contribution in [1.82, 2.24) is 4.72 Å². The number of sulfonamides is 1. The van der Waals surface area contributed by atoms with Gasteiger partial charge in [-0.3, -0.25) is 4.79 Å². The molecular weight excluding hydrogens is 282 g/mol. The van der Waals surface area contributed by atoms with Crippen LogP contribution in [0.4, 0.5) is 0 Å². The Kier molecular flexibility index (Phi) is 4.69. The Morgan fingerprint density at radius 2 is 2.11 bits per heavy atom. The first-order chi connectivity index (χ1) is 8.27. The van der Waals surface area contributed by atoms with E-state index in [-0.39, 0.29) is 4.90 Å². The Morgan fingerprint density at radius 1 is 1.50 bits per heavy atom. The molecule has 1 atom stereocenters. The highest BCUT2D eigenvalue weighted by Gasteiger charge is 2.25. The number of carbonyl (C=O) groups is 1. The molecule has 0 radical (unpaired) electrons. The first kappa shape index (κ1) is 14.9. The van der Waals surface area contributed by atoms with Crippen molar-refractivity contribution in [3.63, 3.8) is 0 Å². The van der Waals surface area contributed by atoms with Gasteiger partial charge in [0, 0.05) is 5.02 Å². The number of hydrogen-bond donors (Lipinski definition) is 3. The monoisotopic (exact) mass is 293 g/mol. The number of nitrogens with one attached hydrogen (secondary N) is 1. The van der Waals surface area contributed by atoms with Gasteiger partial charge in [0.05, 0.1) is 11.5 Å². The van der Waals surface area contributed by atoms with E-state index < -0.39 is 28.6 Å². The highest BCUT2D eigenvalue weighted by Crippen LogP contribution is 2.19. The molecule has 1 aromatic carbocycles. The Labute approximate surface area is 109 Å². The zero-order valence-corrected chi connectivity index (χ0v) is 11.0. The summed E-state index contributed by atoms with van der Waals surface area (Å²) < 4.78 is 25.7. The Balaban J connectivity index is 3.10. The van der Waals surface area contributed by atoms with Crippen LogP contribution < -0.4 is 4.72 Å². The predicted octanol–water partition coefficient (Wildman–Crippen LogP) is 0.372. The lowest BCUT2D eigenvalue weighted by Crippen LogP contribution is -2.43.